The van der Waals surface area contributed by atoms with Crippen LogP contribution in [0.3, 0.4) is 0 Å². The lowest BCUT2D eigenvalue weighted by molar-refractivity contribution is -0.120. The van der Waals surface area contributed by atoms with Crippen molar-refractivity contribution in [1.29, 1.82) is 0 Å². The molecule has 0 aliphatic carbocycles. The number of carbonyl (C=O) groups is 1. The molecule has 3 aromatic carbocycles. The van der Waals surface area contributed by atoms with E-state index in [-0.39, 0.29) is 5.91 Å². The molecule has 204 valence electrons. The Bertz CT molecular complexity index is 1350. The highest BCUT2D eigenvalue weighted by Gasteiger charge is 2.11. The van der Waals surface area contributed by atoms with Gasteiger partial charge in [-0.15, -0.1) is 6.58 Å². The number of hydrogen-bond acceptors (Lipinski definition) is 4. The molecule has 39 heavy (non-hydrogen) atoms. The van der Waals surface area contributed by atoms with E-state index in [1.165, 1.54) is 0 Å². The molecule has 0 fully saturated rings. The summed E-state index contributed by atoms with van der Waals surface area (Å²) < 4.78 is 13.9. The number of unbranched alkanes of at least 4 members (excludes halogenated alkanes) is 2. The van der Waals surface area contributed by atoms with E-state index < -0.39 is 0 Å². The third-order valence-electron chi connectivity index (χ3n) is 6.73. The van der Waals surface area contributed by atoms with Crippen molar-refractivity contribution in [2.24, 2.45) is 0 Å². The first-order chi connectivity index (χ1) is 19.2. The lowest BCUT2D eigenvalue weighted by Gasteiger charge is -2.13. The third-order valence-corrected chi connectivity index (χ3v) is 6.73. The van der Waals surface area contributed by atoms with E-state index in [0.29, 0.717) is 19.6 Å². The van der Waals surface area contributed by atoms with Gasteiger partial charge in [-0.25, -0.2) is 4.98 Å². The fourth-order valence-electron chi connectivity index (χ4n) is 4.75. The number of aromatic nitrogens is 2. The highest BCUT2D eigenvalue weighted by atomic mass is 16.5. The lowest BCUT2D eigenvalue weighted by atomic mass is 10.1. The summed E-state index contributed by atoms with van der Waals surface area (Å²) in [5.74, 6) is 2.70. The molecule has 0 saturated heterocycles. The number of nitrogens with zero attached hydrogens (tertiary/aromatic N) is 2. The molecule has 0 unspecified atom stereocenters. The van der Waals surface area contributed by atoms with Crippen molar-refractivity contribution < 1.29 is 14.3 Å². The maximum Gasteiger partial charge on any atom is 0.224 e. The fourth-order valence-corrected chi connectivity index (χ4v) is 4.75. The molecular weight excluding hydrogens is 486 g/mol. The van der Waals surface area contributed by atoms with Crippen molar-refractivity contribution in [2.75, 3.05) is 20.3 Å². The first kappa shape index (κ1) is 28.0. The Hall–Kier alpha value is -4.06. The molecule has 0 saturated carbocycles. The summed E-state index contributed by atoms with van der Waals surface area (Å²) in [4.78, 5) is 17.1. The molecule has 1 N–H and O–H groups in total. The van der Waals surface area contributed by atoms with Gasteiger partial charge in [-0.1, -0.05) is 61.0 Å². The minimum Gasteiger partial charge on any atom is -0.493 e. The van der Waals surface area contributed by atoms with Crippen LogP contribution in [0, 0.1) is 0 Å². The molecule has 0 spiro atoms. The van der Waals surface area contributed by atoms with Crippen molar-refractivity contribution in [2.45, 2.75) is 51.5 Å². The molecular formula is C33H39N3O3. The van der Waals surface area contributed by atoms with Gasteiger partial charge >= 0.3 is 0 Å². The van der Waals surface area contributed by atoms with E-state index in [0.717, 1.165) is 84.6 Å². The second kappa shape index (κ2) is 14.8. The van der Waals surface area contributed by atoms with Gasteiger partial charge in [0.15, 0.2) is 11.5 Å². The van der Waals surface area contributed by atoms with Gasteiger partial charge in [0.05, 0.1) is 31.2 Å². The van der Waals surface area contributed by atoms with Crippen LogP contribution >= 0.6 is 0 Å². The molecule has 4 aromatic rings. The fraction of sp³-hybridized carbons (Fsp3) is 0.333. The monoisotopic (exact) mass is 525 g/mol. The van der Waals surface area contributed by atoms with Gasteiger partial charge in [0, 0.05) is 19.5 Å². The predicted molar refractivity (Wildman–Crippen MR) is 157 cm³/mol. The van der Waals surface area contributed by atoms with Crippen molar-refractivity contribution >= 4 is 16.9 Å². The van der Waals surface area contributed by atoms with E-state index in [9.17, 15) is 4.79 Å². The van der Waals surface area contributed by atoms with Gasteiger partial charge in [-0.2, -0.15) is 0 Å². The summed E-state index contributed by atoms with van der Waals surface area (Å²) in [5.41, 5.74) is 4.38. The number of amides is 1. The summed E-state index contributed by atoms with van der Waals surface area (Å²) in [6.07, 6.45) is 7.92. The number of hydrogen-bond donors (Lipinski definition) is 1. The van der Waals surface area contributed by atoms with Crippen molar-refractivity contribution in [3.8, 4) is 11.5 Å². The molecule has 0 atom stereocenters. The molecule has 0 radical (unpaired) electrons. The summed E-state index contributed by atoms with van der Waals surface area (Å²) in [5, 5.41) is 3.04. The van der Waals surface area contributed by atoms with Gasteiger partial charge in [0.2, 0.25) is 5.91 Å². The number of para-hydroxylation sites is 2. The molecule has 0 bridgehead atoms. The van der Waals surface area contributed by atoms with Crippen LogP contribution in [0.5, 0.6) is 11.5 Å². The Morgan fingerprint density at radius 2 is 1.77 bits per heavy atom. The van der Waals surface area contributed by atoms with E-state index in [4.69, 9.17) is 14.5 Å². The molecule has 6 nitrogen and oxygen atoms in total. The second-order valence-electron chi connectivity index (χ2n) is 9.67. The summed E-state index contributed by atoms with van der Waals surface area (Å²) >= 11 is 0. The Balaban J connectivity index is 1.24. The average Bonchev–Trinajstić information content (AvgIpc) is 3.31. The third kappa shape index (κ3) is 8.21. The summed E-state index contributed by atoms with van der Waals surface area (Å²) in [6.45, 7) is 5.93. The Morgan fingerprint density at radius 3 is 2.59 bits per heavy atom. The molecule has 1 heterocycles. The van der Waals surface area contributed by atoms with E-state index in [1.54, 1.807) is 7.11 Å². The van der Waals surface area contributed by atoms with Crippen LogP contribution in [0.1, 0.15) is 42.6 Å². The number of carbonyl (C=O) groups excluding carboxylic acids is 1. The number of methoxy groups -OCH3 is 1. The smallest absolute Gasteiger partial charge is 0.224 e. The number of rotatable bonds is 16. The number of allylic oxidation sites excluding steroid dienone is 1. The maximum absolute atomic E-state index is 12.2. The first-order valence-corrected chi connectivity index (χ1v) is 13.8. The molecule has 0 aliphatic heterocycles. The number of nitrogens with one attached hydrogen (secondary N) is 1. The molecule has 1 amide bonds. The minimum absolute atomic E-state index is 0.0792. The van der Waals surface area contributed by atoms with Gasteiger partial charge in [-0.3, -0.25) is 4.79 Å². The van der Waals surface area contributed by atoms with Crippen LogP contribution < -0.4 is 14.8 Å². The van der Waals surface area contributed by atoms with Crippen LogP contribution in [-0.2, 0) is 30.6 Å². The second-order valence-corrected chi connectivity index (χ2v) is 9.67. The standard InChI is InChI=1S/C33H39N3O3/c1-3-13-26-19-20-30(31(24-26)38-2)39-23-12-22-36-29-17-10-9-16-28(29)35-32(36)18-8-5-11-21-34-33(37)25-27-14-6-4-7-15-27/h3-4,6-7,9-10,14-17,19-20,24H,1,5,8,11-13,18,21-23,25H2,2H3,(H,34,37). The molecule has 1 aromatic heterocycles. The Morgan fingerprint density at radius 1 is 0.949 bits per heavy atom. The maximum atomic E-state index is 12.2. The molecule has 6 heteroatoms. The zero-order valence-electron chi connectivity index (χ0n) is 22.9. The zero-order chi connectivity index (χ0) is 27.3. The quantitative estimate of drug-likeness (QED) is 0.137. The average molecular weight is 526 g/mol. The predicted octanol–water partition coefficient (Wildman–Crippen LogP) is 6.31. The normalized spacial score (nSPS) is 10.9. The summed E-state index contributed by atoms with van der Waals surface area (Å²) in [6, 6.07) is 24.2. The van der Waals surface area contributed by atoms with Crippen LogP contribution in [-0.4, -0.2) is 35.7 Å². The topological polar surface area (TPSA) is 65.4 Å². The number of benzene rings is 3. The number of aryl methyl sites for hydroxylation is 2. The zero-order valence-corrected chi connectivity index (χ0v) is 22.9. The largest absolute Gasteiger partial charge is 0.493 e. The van der Waals surface area contributed by atoms with Crippen molar-refractivity contribution in [1.82, 2.24) is 14.9 Å². The van der Waals surface area contributed by atoms with E-state index in [1.807, 2.05) is 54.6 Å². The van der Waals surface area contributed by atoms with Crippen LogP contribution in [0.15, 0.2) is 85.5 Å². The Labute approximate surface area is 231 Å². The lowest BCUT2D eigenvalue weighted by Crippen LogP contribution is -2.26. The van der Waals surface area contributed by atoms with Crippen LogP contribution in [0.25, 0.3) is 11.0 Å². The van der Waals surface area contributed by atoms with Gasteiger partial charge in [0.25, 0.3) is 0 Å². The van der Waals surface area contributed by atoms with Crippen LogP contribution in [0.2, 0.25) is 0 Å². The first-order valence-electron chi connectivity index (χ1n) is 13.8. The minimum atomic E-state index is 0.0792. The SMILES string of the molecule is C=CCc1ccc(OCCCn2c(CCCCCNC(=O)Cc3ccccc3)nc3ccccc32)c(OC)c1. The van der Waals surface area contributed by atoms with Gasteiger partial charge < -0.3 is 19.4 Å². The number of fused-ring (bicyclic) bond motifs is 1. The molecule has 0 aliphatic rings. The Kier molecular flexibility index (Phi) is 10.6. The molecule has 4 rings (SSSR count). The van der Waals surface area contributed by atoms with Crippen molar-refractivity contribution in [3.63, 3.8) is 0 Å². The van der Waals surface area contributed by atoms with Gasteiger partial charge in [-0.05, 0) is 61.1 Å². The number of imidazole rings is 1. The van der Waals surface area contributed by atoms with E-state index >= 15 is 0 Å². The highest BCUT2D eigenvalue weighted by Crippen LogP contribution is 2.28. The van der Waals surface area contributed by atoms with Crippen LogP contribution in [0.4, 0.5) is 0 Å². The van der Waals surface area contributed by atoms with Gasteiger partial charge in [0.1, 0.15) is 5.82 Å². The van der Waals surface area contributed by atoms with Crippen molar-refractivity contribution in [3.05, 3.63) is 102 Å². The number of ether oxygens (including phenoxy) is 2. The summed E-state index contributed by atoms with van der Waals surface area (Å²) in [7, 11) is 1.67. The van der Waals surface area contributed by atoms with E-state index in [2.05, 4.69) is 40.7 Å². The highest BCUT2D eigenvalue weighted by molar-refractivity contribution is 5.78.